The molecule has 0 radical (unpaired) electrons. The fraction of sp³-hybridized carbons (Fsp3) is 0.444. The van der Waals surface area contributed by atoms with E-state index in [2.05, 4.69) is 15.9 Å². The molecule has 0 aliphatic carbocycles. The van der Waals surface area contributed by atoms with Crippen LogP contribution >= 0.6 is 15.9 Å². The molecule has 0 aromatic carbocycles. The highest BCUT2D eigenvalue weighted by molar-refractivity contribution is 9.10. The van der Waals surface area contributed by atoms with Crippen LogP contribution in [0.3, 0.4) is 0 Å². The summed E-state index contributed by atoms with van der Waals surface area (Å²) in [6.07, 6.45) is 1.49. The first-order valence-electron chi connectivity index (χ1n) is 4.37. The molecule has 1 fully saturated rings. The van der Waals surface area contributed by atoms with Crippen molar-refractivity contribution in [2.75, 3.05) is 13.1 Å². The lowest BCUT2D eigenvalue weighted by Gasteiger charge is -2.35. The average molecular weight is 259 g/mol. The Bertz CT molecular complexity index is 369. The van der Waals surface area contributed by atoms with Gasteiger partial charge in [0.25, 0.3) is 5.91 Å². The quantitative estimate of drug-likeness (QED) is 0.802. The van der Waals surface area contributed by atoms with Crippen LogP contribution < -0.4 is 0 Å². The van der Waals surface area contributed by atoms with Crippen molar-refractivity contribution in [1.82, 2.24) is 9.47 Å². The third kappa shape index (κ3) is 1.57. The molecular formula is C9H11BrN2O2. The number of carbonyl (C=O) groups excluding carboxylic acids is 1. The fourth-order valence-corrected chi connectivity index (χ4v) is 2.04. The van der Waals surface area contributed by atoms with E-state index in [9.17, 15) is 4.79 Å². The Hall–Kier alpha value is -0.810. The number of carbonyl (C=O) groups is 1. The highest BCUT2D eigenvalue weighted by Crippen LogP contribution is 2.18. The molecule has 1 amide bonds. The Balaban J connectivity index is 2.15. The molecule has 1 aliphatic rings. The number of hydrogen-bond donors (Lipinski definition) is 1. The van der Waals surface area contributed by atoms with E-state index in [4.69, 9.17) is 5.11 Å². The predicted octanol–water partition coefficient (Wildman–Crippen LogP) is 0.604. The van der Waals surface area contributed by atoms with E-state index in [0.29, 0.717) is 18.8 Å². The summed E-state index contributed by atoms with van der Waals surface area (Å²) in [4.78, 5) is 13.4. The summed E-state index contributed by atoms with van der Waals surface area (Å²) in [7, 11) is 1.83. The summed E-state index contributed by atoms with van der Waals surface area (Å²) in [5.74, 6) is -0.0245. The second-order valence-corrected chi connectivity index (χ2v) is 4.43. The molecule has 1 saturated heterocycles. The van der Waals surface area contributed by atoms with Crippen LogP contribution in [0.15, 0.2) is 16.7 Å². The van der Waals surface area contributed by atoms with Gasteiger partial charge in [0, 0.05) is 30.8 Å². The Kier molecular flexibility index (Phi) is 2.36. The van der Waals surface area contributed by atoms with E-state index in [-0.39, 0.29) is 12.0 Å². The fourth-order valence-electron chi connectivity index (χ4n) is 1.52. The maximum absolute atomic E-state index is 11.8. The molecule has 0 unspecified atom stereocenters. The lowest BCUT2D eigenvalue weighted by molar-refractivity contribution is 0.00526. The number of likely N-dealkylation sites (tertiary alicyclic amines) is 1. The Morgan fingerprint density at radius 1 is 1.64 bits per heavy atom. The third-order valence-corrected chi connectivity index (χ3v) is 2.77. The normalized spacial score (nSPS) is 16.9. The van der Waals surface area contributed by atoms with E-state index in [1.807, 2.05) is 13.2 Å². The minimum Gasteiger partial charge on any atom is -0.389 e. The lowest BCUT2D eigenvalue weighted by atomic mass is 10.1. The number of halogens is 1. The smallest absolute Gasteiger partial charge is 0.270 e. The van der Waals surface area contributed by atoms with Crippen molar-refractivity contribution >= 4 is 21.8 Å². The summed E-state index contributed by atoms with van der Waals surface area (Å²) >= 11 is 3.31. The predicted molar refractivity (Wildman–Crippen MR) is 55.0 cm³/mol. The first-order valence-corrected chi connectivity index (χ1v) is 5.16. The summed E-state index contributed by atoms with van der Waals surface area (Å²) in [5.41, 5.74) is 0.642. The van der Waals surface area contributed by atoms with E-state index in [0.717, 1.165) is 4.47 Å². The second kappa shape index (κ2) is 3.40. The van der Waals surface area contributed by atoms with Crippen molar-refractivity contribution in [3.63, 3.8) is 0 Å². The van der Waals surface area contributed by atoms with Crippen molar-refractivity contribution < 1.29 is 9.90 Å². The molecule has 5 heteroatoms. The summed E-state index contributed by atoms with van der Waals surface area (Å²) < 4.78 is 2.67. The minimum atomic E-state index is -0.345. The molecule has 1 N–H and O–H groups in total. The Labute approximate surface area is 90.3 Å². The van der Waals surface area contributed by atoms with Gasteiger partial charge in [-0.15, -0.1) is 0 Å². The van der Waals surface area contributed by atoms with Gasteiger partial charge in [-0.05, 0) is 22.0 Å². The molecule has 0 bridgehead atoms. The highest BCUT2D eigenvalue weighted by Gasteiger charge is 2.30. The van der Waals surface area contributed by atoms with Gasteiger partial charge in [-0.2, -0.15) is 0 Å². The molecule has 1 aromatic rings. The number of aromatic nitrogens is 1. The molecule has 4 nitrogen and oxygen atoms in total. The van der Waals surface area contributed by atoms with Gasteiger partial charge in [-0.25, -0.2) is 0 Å². The van der Waals surface area contributed by atoms with E-state index in [1.54, 1.807) is 15.5 Å². The van der Waals surface area contributed by atoms with Gasteiger partial charge in [-0.3, -0.25) is 4.79 Å². The van der Waals surface area contributed by atoms with Gasteiger partial charge < -0.3 is 14.6 Å². The van der Waals surface area contributed by atoms with Crippen molar-refractivity contribution in [3.8, 4) is 0 Å². The lowest BCUT2D eigenvalue weighted by Crippen LogP contribution is -2.53. The molecular weight excluding hydrogens is 248 g/mol. The molecule has 76 valence electrons. The number of hydrogen-bond acceptors (Lipinski definition) is 2. The summed E-state index contributed by atoms with van der Waals surface area (Å²) in [6.45, 7) is 0.892. The van der Waals surface area contributed by atoms with Crippen molar-refractivity contribution in [1.29, 1.82) is 0 Å². The van der Waals surface area contributed by atoms with Crippen LogP contribution in [0.5, 0.6) is 0 Å². The van der Waals surface area contributed by atoms with Gasteiger partial charge in [0.05, 0.1) is 6.10 Å². The number of aryl methyl sites for hydroxylation is 1. The zero-order chi connectivity index (χ0) is 10.3. The number of nitrogens with zero attached hydrogens (tertiary/aromatic N) is 2. The highest BCUT2D eigenvalue weighted by atomic mass is 79.9. The summed E-state index contributed by atoms with van der Waals surface area (Å²) in [5, 5.41) is 9.08. The molecule has 1 aromatic heterocycles. The maximum Gasteiger partial charge on any atom is 0.270 e. The van der Waals surface area contributed by atoms with Crippen LogP contribution in [0.1, 0.15) is 10.5 Å². The Morgan fingerprint density at radius 3 is 2.71 bits per heavy atom. The standard InChI is InChI=1S/C9H11BrN2O2/c1-11-3-6(10)2-8(11)9(14)12-4-7(13)5-12/h2-3,7,13H,4-5H2,1H3. The van der Waals surface area contributed by atoms with E-state index < -0.39 is 0 Å². The van der Waals surface area contributed by atoms with Crippen LogP contribution in [-0.2, 0) is 7.05 Å². The van der Waals surface area contributed by atoms with Crippen molar-refractivity contribution in [2.24, 2.45) is 7.05 Å². The number of rotatable bonds is 1. The number of aliphatic hydroxyl groups is 1. The van der Waals surface area contributed by atoms with Gasteiger partial charge in [-0.1, -0.05) is 0 Å². The molecule has 2 rings (SSSR count). The average Bonchev–Trinajstić information content (AvgIpc) is 2.39. The van der Waals surface area contributed by atoms with Crippen molar-refractivity contribution in [2.45, 2.75) is 6.10 Å². The summed E-state index contributed by atoms with van der Waals surface area (Å²) in [6, 6.07) is 1.78. The first kappa shape index (κ1) is 9.73. The zero-order valence-corrected chi connectivity index (χ0v) is 9.36. The topological polar surface area (TPSA) is 45.5 Å². The van der Waals surface area contributed by atoms with Gasteiger partial charge in [0.1, 0.15) is 5.69 Å². The van der Waals surface area contributed by atoms with Gasteiger partial charge >= 0.3 is 0 Å². The monoisotopic (exact) mass is 258 g/mol. The maximum atomic E-state index is 11.8. The SMILES string of the molecule is Cn1cc(Br)cc1C(=O)N1CC(O)C1. The first-order chi connectivity index (χ1) is 6.58. The third-order valence-electron chi connectivity index (χ3n) is 2.34. The van der Waals surface area contributed by atoms with Crippen LogP contribution in [0.4, 0.5) is 0 Å². The number of amides is 1. The Morgan fingerprint density at radius 2 is 2.29 bits per heavy atom. The number of β-amino-alcohol motifs (C(OH)–C–C–N with tert-alkyl or cyclic N) is 1. The largest absolute Gasteiger partial charge is 0.389 e. The molecule has 2 heterocycles. The molecule has 1 aliphatic heterocycles. The van der Waals surface area contributed by atoms with E-state index in [1.165, 1.54) is 0 Å². The van der Waals surface area contributed by atoms with Crippen LogP contribution in [0, 0.1) is 0 Å². The molecule has 0 saturated carbocycles. The van der Waals surface area contributed by atoms with Crippen LogP contribution in [-0.4, -0.2) is 39.7 Å². The zero-order valence-electron chi connectivity index (χ0n) is 7.77. The van der Waals surface area contributed by atoms with Crippen LogP contribution in [0.2, 0.25) is 0 Å². The number of aliphatic hydroxyl groups excluding tert-OH is 1. The van der Waals surface area contributed by atoms with Gasteiger partial charge in [0.2, 0.25) is 0 Å². The minimum absolute atomic E-state index is 0.0245. The molecule has 0 spiro atoms. The van der Waals surface area contributed by atoms with Gasteiger partial charge in [0.15, 0.2) is 0 Å². The molecule has 0 atom stereocenters. The molecule has 14 heavy (non-hydrogen) atoms. The van der Waals surface area contributed by atoms with Crippen molar-refractivity contribution in [3.05, 3.63) is 22.4 Å². The van der Waals surface area contributed by atoms with E-state index >= 15 is 0 Å². The second-order valence-electron chi connectivity index (χ2n) is 3.52. The van der Waals surface area contributed by atoms with Crippen LogP contribution in [0.25, 0.3) is 0 Å².